The van der Waals surface area contributed by atoms with Gasteiger partial charge in [-0.25, -0.2) is 4.98 Å². The highest BCUT2D eigenvalue weighted by Crippen LogP contribution is 2.33. The first-order valence-electron chi connectivity index (χ1n) is 8.90. The summed E-state index contributed by atoms with van der Waals surface area (Å²) in [4.78, 5) is 20.6. The summed E-state index contributed by atoms with van der Waals surface area (Å²) in [6, 6.07) is 15.1. The molecule has 4 rings (SSSR count). The van der Waals surface area contributed by atoms with Crippen LogP contribution in [0, 0.1) is 0 Å². The monoisotopic (exact) mass is 398 g/mol. The minimum atomic E-state index is 0.0131. The molecule has 2 aromatic carbocycles. The Labute approximate surface area is 167 Å². The lowest BCUT2D eigenvalue weighted by Gasteiger charge is -2.26. The molecule has 3 aromatic rings. The average molecular weight is 399 g/mol. The van der Waals surface area contributed by atoms with Gasteiger partial charge in [0.2, 0.25) is 0 Å². The van der Waals surface area contributed by atoms with Crippen LogP contribution in [0.25, 0.3) is 10.6 Å². The van der Waals surface area contributed by atoms with Gasteiger partial charge in [-0.2, -0.15) is 0 Å². The van der Waals surface area contributed by atoms with Gasteiger partial charge < -0.3 is 9.64 Å². The highest BCUT2D eigenvalue weighted by atomic mass is 35.5. The van der Waals surface area contributed by atoms with E-state index in [2.05, 4.69) is 0 Å². The Kier molecular flexibility index (Phi) is 5.14. The molecule has 27 heavy (non-hydrogen) atoms. The number of carbonyl (C=O) groups excluding carboxylic acids is 1. The van der Waals surface area contributed by atoms with Crippen LogP contribution in [0.5, 0.6) is 5.75 Å². The largest absolute Gasteiger partial charge is 0.494 e. The SMILES string of the molecule is CCOc1ccc(-c2nc3c(s2)CN(C(=O)c2cccc(Cl)c2)CC3)cc1. The molecule has 0 fully saturated rings. The Bertz CT molecular complexity index is 969. The molecule has 1 aromatic heterocycles. The summed E-state index contributed by atoms with van der Waals surface area (Å²) >= 11 is 7.68. The van der Waals surface area contributed by atoms with E-state index in [1.807, 2.05) is 48.2 Å². The van der Waals surface area contributed by atoms with E-state index in [0.717, 1.165) is 33.3 Å². The molecule has 1 amide bonds. The molecule has 0 unspecified atom stereocenters. The van der Waals surface area contributed by atoms with Crippen molar-refractivity contribution in [3.8, 4) is 16.3 Å². The molecule has 138 valence electrons. The number of fused-ring (bicyclic) bond motifs is 1. The van der Waals surface area contributed by atoms with E-state index >= 15 is 0 Å². The highest BCUT2D eigenvalue weighted by Gasteiger charge is 2.25. The summed E-state index contributed by atoms with van der Waals surface area (Å²) in [5, 5.41) is 1.56. The van der Waals surface area contributed by atoms with Gasteiger partial charge in [-0.1, -0.05) is 17.7 Å². The molecule has 1 aliphatic rings. The number of carbonyl (C=O) groups is 1. The third-order valence-electron chi connectivity index (χ3n) is 4.50. The average Bonchev–Trinajstić information content (AvgIpc) is 3.11. The van der Waals surface area contributed by atoms with E-state index in [0.29, 0.717) is 30.3 Å². The van der Waals surface area contributed by atoms with Crippen molar-refractivity contribution >= 4 is 28.8 Å². The number of rotatable bonds is 4. The number of ether oxygens (including phenoxy) is 1. The predicted octanol–water partition coefficient (Wildman–Crippen LogP) is 5.06. The zero-order valence-electron chi connectivity index (χ0n) is 14.9. The molecule has 0 saturated carbocycles. The molecular formula is C21H19ClN2O2S. The number of halogens is 1. The molecule has 1 aliphatic heterocycles. The molecule has 0 atom stereocenters. The van der Waals surface area contributed by atoms with Crippen molar-refractivity contribution in [3.05, 3.63) is 69.7 Å². The van der Waals surface area contributed by atoms with Crippen LogP contribution >= 0.6 is 22.9 Å². The molecule has 0 N–H and O–H groups in total. The quantitative estimate of drug-likeness (QED) is 0.616. The fourth-order valence-electron chi connectivity index (χ4n) is 3.16. The second-order valence-corrected chi connectivity index (χ2v) is 7.85. The van der Waals surface area contributed by atoms with Crippen LogP contribution in [0.15, 0.2) is 48.5 Å². The summed E-state index contributed by atoms with van der Waals surface area (Å²) < 4.78 is 5.50. The van der Waals surface area contributed by atoms with Gasteiger partial charge >= 0.3 is 0 Å². The maximum atomic E-state index is 12.8. The van der Waals surface area contributed by atoms with Crippen molar-refractivity contribution in [1.29, 1.82) is 0 Å². The van der Waals surface area contributed by atoms with Crippen LogP contribution in [-0.4, -0.2) is 28.9 Å². The Hall–Kier alpha value is -2.37. The highest BCUT2D eigenvalue weighted by molar-refractivity contribution is 7.15. The molecule has 0 saturated heterocycles. The van der Waals surface area contributed by atoms with E-state index in [4.69, 9.17) is 21.3 Å². The first kappa shape index (κ1) is 18.0. The Morgan fingerprint density at radius 2 is 2.07 bits per heavy atom. The van der Waals surface area contributed by atoms with E-state index in [1.165, 1.54) is 0 Å². The van der Waals surface area contributed by atoms with Crippen LogP contribution in [-0.2, 0) is 13.0 Å². The van der Waals surface area contributed by atoms with E-state index in [9.17, 15) is 4.79 Å². The second kappa shape index (κ2) is 7.71. The van der Waals surface area contributed by atoms with Crippen LogP contribution in [0.3, 0.4) is 0 Å². The van der Waals surface area contributed by atoms with Crippen molar-refractivity contribution in [1.82, 2.24) is 9.88 Å². The normalized spacial score (nSPS) is 13.3. The summed E-state index contributed by atoms with van der Waals surface area (Å²) in [5.41, 5.74) is 2.80. The summed E-state index contributed by atoms with van der Waals surface area (Å²) in [5.74, 6) is 0.875. The molecule has 4 nitrogen and oxygen atoms in total. The molecular weight excluding hydrogens is 380 g/mol. The van der Waals surface area contributed by atoms with Gasteiger partial charge in [-0.05, 0) is 49.4 Å². The molecule has 0 radical (unpaired) electrons. The summed E-state index contributed by atoms with van der Waals surface area (Å²) in [6.07, 6.45) is 0.773. The van der Waals surface area contributed by atoms with Crippen molar-refractivity contribution < 1.29 is 9.53 Å². The zero-order valence-corrected chi connectivity index (χ0v) is 16.5. The van der Waals surface area contributed by atoms with Gasteiger partial charge in [0, 0.05) is 34.0 Å². The van der Waals surface area contributed by atoms with E-state index in [1.54, 1.807) is 23.5 Å². The van der Waals surface area contributed by atoms with Gasteiger partial charge in [0.05, 0.1) is 18.8 Å². The zero-order chi connectivity index (χ0) is 18.8. The number of benzene rings is 2. The molecule has 0 spiro atoms. The van der Waals surface area contributed by atoms with Crippen LogP contribution in [0.1, 0.15) is 27.9 Å². The second-order valence-electron chi connectivity index (χ2n) is 6.33. The topological polar surface area (TPSA) is 42.4 Å². The van der Waals surface area contributed by atoms with Gasteiger partial charge in [-0.3, -0.25) is 4.79 Å². The third-order valence-corrected chi connectivity index (χ3v) is 5.87. The molecule has 0 bridgehead atoms. The van der Waals surface area contributed by atoms with Crippen molar-refractivity contribution in [2.24, 2.45) is 0 Å². The minimum Gasteiger partial charge on any atom is -0.494 e. The number of thiazole rings is 1. The summed E-state index contributed by atoms with van der Waals surface area (Å²) in [7, 11) is 0. The maximum absolute atomic E-state index is 12.8. The third kappa shape index (κ3) is 3.84. The predicted molar refractivity (Wildman–Crippen MR) is 109 cm³/mol. The number of amides is 1. The lowest BCUT2D eigenvalue weighted by Crippen LogP contribution is -2.35. The first-order chi connectivity index (χ1) is 13.1. The molecule has 0 aliphatic carbocycles. The Morgan fingerprint density at radius 3 is 2.81 bits per heavy atom. The maximum Gasteiger partial charge on any atom is 0.254 e. The fourth-order valence-corrected chi connectivity index (χ4v) is 4.48. The van der Waals surface area contributed by atoms with E-state index in [-0.39, 0.29) is 5.91 Å². The van der Waals surface area contributed by atoms with Gasteiger partial charge in [0.1, 0.15) is 10.8 Å². The summed E-state index contributed by atoms with van der Waals surface area (Å²) in [6.45, 7) is 3.89. The van der Waals surface area contributed by atoms with E-state index < -0.39 is 0 Å². The number of hydrogen-bond donors (Lipinski definition) is 0. The lowest BCUT2D eigenvalue weighted by atomic mass is 10.1. The smallest absolute Gasteiger partial charge is 0.254 e. The van der Waals surface area contributed by atoms with Crippen LogP contribution < -0.4 is 4.74 Å². The Morgan fingerprint density at radius 1 is 1.26 bits per heavy atom. The van der Waals surface area contributed by atoms with Gasteiger partial charge in [0.25, 0.3) is 5.91 Å². The van der Waals surface area contributed by atoms with Crippen molar-refractivity contribution in [2.45, 2.75) is 19.9 Å². The lowest BCUT2D eigenvalue weighted by molar-refractivity contribution is 0.0736. The standard InChI is InChI=1S/C21H19ClN2O2S/c1-2-26-17-8-6-14(7-9-17)20-23-18-10-11-24(13-19(18)27-20)21(25)15-4-3-5-16(22)12-15/h3-9,12H,2,10-11,13H2,1H3. The first-order valence-corrected chi connectivity index (χ1v) is 10.1. The number of hydrogen-bond acceptors (Lipinski definition) is 4. The Balaban J connectivity index is 1.53. The number of nitrogens with zero attached hydrogens (tertiary/aromatic N) is 2. The van der Waals surface area contributed by atoms with Crippen LogP contribution in [0.2, 0.25) is 5.02 Å². The van der Waals surface area contributed by atoms with Gasteiger partial charge in [0.15, 0.2) is 0 Å². The van der Waals surface area contributed by atoms with Crippen LogP contribution in [0.4, 0.5) is 0 Å². The van der Waals surface area contributed by atoms with Crippen molar-refractivity contribution in [2.75, 3.05) is 13.2 Å². The fraction of sp³-hybridized carbons (Fsp3) is 0.238. The van der Waals surface area contributed by atoms with Crippen molar-refractivity contribution in [3.63, 3.8) is 0 Å². The molecule has 2 heterocycles. The number of aromatic nitrogens is 1. The molecule has 6 heteroatoms. The van der Waals surface area contributed by atoms with Gasteiger partial charge in [-0.15, -0.1) is 11.3 Å². The minimum absolute atomic E-state index is 0.0131.